The lowest BCUT2D eigenvalue weighted by molar-refractivity contribution is 0.122. The number of methoxy groups -OCH3 is 1. The standard InChI is InChI=1S/C19H17F2N7O2S/c1-29-12-4-2-3-11-14(12)23-17(15(20)21)28(11)19-25-16(13-9-22-10-31-13)24-18(26-19)27-5-7-30-8-6-27/h2-4,9-10,15H,5-8H2,1H3. The number of thiazole rings is 1. The zero-order valence-corrected chi connectivity index (χ0v) is 17.2. The molecular weight excluding hydrogens is 428 g/mol. The van der Waals surface area contributed by atoms with Gasteiger partial charge in [-0.1, -0.05) is 6.07 Å². The highest BCUT2D eigenvalue weighted by molar-refractivity contribution is 7.13. The van der Waals surface area contributed by atoms with Crippen LogP contribution in [-0.4, -0.2) is 62.9 Å². The number of hydrogen-bond acceptors (Lipinski definition) is 9. The van der Waals surface area contributed by atoms with Crippen molar-refractivity contribution >= 4 is 28.3 Å². The van der Waals surface area contributed by atoms with Crippen molar-refractivity contribution < 1.29 is 18.3 Å². The van der Waals surface area contributed by atoms with Crippen molar-refractivity contribution in [2.45, 2.75) is 6.43 Å². The fourth-order valence-electron chi connectivity index (χ4n) is 3.41. The molecule has 1 aromatic carbocycles. The largest absolute Gasteiger partial charge is 0.494 e. The van der Waals surface area contributed by atoms with Crippen LogP contribution >= 0.6 is 11.3 Å². The number of alkyl halides is 2. The second-order valence-electron chi connectivity index (χ2n) is 6.66. The van der Waals surface area contributed by atoms with Gasteiger partial charge in [0.05, 0.1) is 36.2 Å². The predicted molar refractivity (Wildman–Crippen MR) is 110 cm³/mol. The molecule has 0 atom stereocenters. The van der Waals surface area contributed by atoms with Crippen molar-refractivity contribution in [3.63, 3.8) is 0 Å². The topological polar surface area (TPSA) is 91.1 Å². The average Bonchev–Trinajstić information content (AvgIpc) is 3.47. The van der Waals surface area contributed by atoms with Gasteiger partial charge >= 0.3 is 0 Å². The molecule has 160 valence electrons. The Morgan fingerprint density at radius 2 is 1.90 bits per heavy atom. The van der Waals surface area contributed by atoms with Crippen molar-refractivity contribution in [2.75, 3.05) is 38.3 Å². The Hall–Kier alpha value is -3.25. The summed E-state index contributed by atoms with van der Waals surface area (Å²) in [5.41, 5.74) is 2.40. The van der Waals surface area contributed by atoms with E-state index < -0.39 is 12.2 Å². The van der Waals surface area contributed by atoms with Crippen molar-refractivity contribution in [2.24, 2.45) is 0 Å². The molecule has 4 aromatic rings. The van der Waals surface area contributed by atoms with E-state index in [1.165, 1.54) is 23.0 Å². The Morgan fingerprint density at radius 1 is 1.10 bits per heavy atom. The summed E-state index contributed by atoms with van der Waals surface area (Å²) in [6.07, 6.45) is -1.21. The van der Waals surface area contributed by atoms with E-state index in [9.17, 15) is 8.78 Å². The van der Waals surface area contributed by atoms with Crippen LogP contribution in [-0.2, 0) is 4.74 Å². The molecule has 0 amide bonds. The molecule has 1 saturated heterocycles. The normalized spacial score (nSPS) is 14.5. The molecule has 0 saturated carbocycles. The number of hydrogen-bond donors (Lipinski definition) is 0. The summed E-state index contributed by atoms with van der Waals surface area (Å²) in [6, 6.07) is 5.06. The third kappa shape index (κ3) is 3.57. The van der Waals surface area contributed by atoms with Gasteiger partial charge in [-0.25, -0.2) is 13.8 Å². The molecule has 0 bridgehead atoms. The third-order valence-electron chi connectivity index (χ3n) is 4.85. The van der Waals surface area contributed by atoms with E-state index in [0.717, 1.165) is 0 Å². The first-order valence-corrected chi connectivity index (χ1v) is 10.3. The zero-order valence-electron chi connectivity index (χ0n) is 16.4. The summed E-state index contributed by atoms with van der Waals surface area (Å²) < 4.78 is 40.0. The first kappa shape index (κ1) is 19.7. The molecule has 0 N–H and O–H groups in total. The first-order valence-electron chi connectivity index (χ1n) is 9.47. The number of ether oxygens (including phenoxy) is 2. The summed E-state index contributed by atoms with van der Waals surface area (Å²) in [6.45, 7) is 2.24. The monoisotopic (exact) mass is 445 g/mol. The molecule has 0 unspecified atom stereocenters. The van der Waals surface area contributed by atoms with Gasteiger partial charge in [0.1, 0.15) is 11.3 Å². The van der Waals surface area contributed by atoms with Crippen LogP contribution in [0.3, 0.4) is 0 Å². The van der Waals surface area contributed by atoms with Crippen LogP contribution in [0.25, 0.3) is 27.7 Å². The van der Waals surface area contributed by atoms with Gasteiger partial charge in [0.2, 0.25) is 11.9 Å². The van der Waals surface area contributed by atoms with Gasteiger partial charge in [-0.15, -0.1) is 11.3 Å². The van der Waals surface area contributed by atoms with E-state index in [0.29, 0.717) is 59.7 Å². The van der Waals surface area contributed by atoms with Gasteiger partial charge < -0.3 is 14.4 Å². The second kappa shape index (κ2) is 8.12. The number of halogens is 2. The molecule has 1 fully saturated rings. The highest BCUT2D eigenvalue weighted by Gasteiger charge is 2.26. The van der Waals surface area contributed by atoms with Gasteiger partial charge in [-0.2, -0.15) is 15.0 Å². The fourth-order valence-corrected chi connectivity index (χ4v) is 3.96. The number of nitrogens with zero attached hydrogens (tertiary/aromatic N) is 7. The summed E-state index contributed by atoms with van der Waals surface area (Å²) >= 11 is 1.36. The molecule has 0 radical (unpaired) electrons. The maximum atomic E-state index is 14.0. The van der Waals surface area contributed by atoms with Gasteiger partial charge in [0.15, 0.2) is 11.6 Å². The smallest absolute Gasteiger partial charge is 0.296 e. The minimum atomic E-state index is -2.84. The van der Waals surface area contributed by atoms with Crippen molar-refractivity contribution in [3.8, 4) is 22.4 Å². The fraction of sp³-hybridized carbons (Fsp3) is 0.316. The maximum Gasteiger partial charge on any atom is 0.296 e. The van der Waals surface area contributed by atoms with Gasteiger partial charge in [-0.3, -0.25) is 9.55 Å². The zero-order chi connectivity index (χ0) is 21.4. The summed E-state index contributed by atoms with van der Waals surface area (Å²) in [7, 11) is 1.47. The number of imidazole rings is 1. The van der Waals surface area contributed by atoms with Gasteiger partial charge in [-0.05, 0) is 12.1 Å². The average molecular weight is 445 g/mol. The number of anilines is 1. The Balaban J connectivity index is 1.75. The van der Waals surface area contributed by atoms with Crippen molar-refractivity contribution in [3.05, 3.63) is 35.7 Å². The summed E-state index contributed by atoms with van der Waals surface area (Å²) in [5.74, 6) is 0.740. The molecule has 0 spiro atoms. The van der Waals surface area contributed by atoms with Gasteiger partial charge in [0.25, 0.3) is 6.43 Å². The Bertz CT molecular complexity index is 1210. The lowest BCUT2D eigenvalue weighted by atomic mass is 10.3. The second-order valence-corrected chi connectivity index (χ2v) is 7.54. The highest BCUT2D eigenvalue weighted by atomic mass is 32.1. The molecule has 1 aliphatic rings. The molecular formula is C19H17F2N7O2S. The van der Waals surface area contributed by atoms with Gasteiger partial charge in [0, 0.05) is 19.3 Å². The number of para-hydroxylation sites is 1. The number of benzene rings is 1. The van der Waals surface area contributed by atoms with E-state index >= 15 is 0 Å². The molecule has 31 heavy (non-hydrogen) atoms. The number of fused-ring (bicyclic) bond motifs is 1. The minimum Gasteiger partial charge on any atom is -0.494 e. The quantitative estimate of drug-likeness (QED) is 0.463. The van der Waals surface area contributed by atoms with E-state index in [1.54, 1.807) is 29.9 Å². The van der Waals surface area contributed by atoms with Crippen LogP contribution in [0, 0.1) is 0 Å². The SMILES string of the molecule is COc1cccc2c1nc(C(F)F)n2-c1nc(-c2cncs2)nc(N2CCOCC2)n1. The molecule has 1 aliphatic heterocycles. The molecule has 3 aromatic heterocycles. The number of rotatable bonds is 5. The van der Waals surface area contributed by atoms with Crippen LogP contribution in [0.2, 0.25) is 0 Å². The summed E-state index contributed by atoms with van der Waals surface area (Å²) in [5, 5.41) is 0. The Morgan fingerprint density at radius 3 is 2.61 bits per heavy atom. The highest BCUT2D eigenvalue weighted by Crippen LogP contribution is 2.32. The van der Waals surface area contributed by atoms with Crippen molar-refractivity contribution in [1.29, 1.82) is 0 Å². The van der Waals surface area contributed by atoms with Crippen LogP contribution in [0.4, 0.5) is 14.7 Å². The maximum absolute atomic E-state index is 14.0. The van der Waals surface area contributed by atoms with Crippen LogP contribution in [0.1, 0.15) is 12.2 Å². The molecule has 4 heterocycles. The van der Waals surface area contributed by atoms with Crippen molar-refractivity contribution in [1.82, 2.24) is 29.5 Å². The van der Waals surface area contributed by atoms with Crippen LogP contribution in [0.5, 0.6) is 5.75 Å². The van der Waals surface area contributed by atoms with Crippen LogP contribution in [0.15, 0.2) is 29.9 Å². The molecule has 5 rings (SSSR count). The van der Waals surface area contributed by atoms with E-state index in [-0.39, 0.29) is 5.95 Å². The minimum absolute atomic E-state index is 0.0611. The van der Waals surface area contributed by atoms with E-state index in [4.69, 9.17) is 9.47 Å². The third-order valence-corrected chi connectivity index (χ3v) is 5.62. The Kier molecular flexibility index (Phi) is 5.16. The van der Waals surface area contributed by atoms with E-state index in [1.807, 2.05) is 4.90 Å². The Labute approximate surface area is 179 Å². The molecule has 0 aliphatic carbocycles. The first-order chi connectivity index (χ1) is 15.2. The lowest BCUT2D eigenvalue weighted by Crippen LogP contribution is -2.37. The lowest BCUT2D eigenvalue weighted by Gasteiger charge is -2.27. The molecule has 9 nitrogen and oxygen atoms in total. The predicted octanol–water partition coefficient (Wildman–Crippen LogP) is 3.12. The van der Waals surface area contributed by atoms with E-state index in [2.05, 4.69) is 24.9 Å². The molecule has 12 heteroatoms. The summed E-state index contributed by atoms with van der Waals surface area (Å²) in [4.78, 5) is 24.5. The van der Waals surface area contributed by atoms with Crippen LogP contribution < -0.4 is 9.64 Å². The number of aromatic nitrogens is 6. The number of morpholine rings is 1.